The van der Waals surface area contributed by atoms with Crippen LogP contribution in [0, 0.1) is 0 Å². The number of ketones is 1. The van der Waals surface area contributed by atoms with Crippen LogP contribution in [0.1, 0.15) is 10.4 Å². The molecule has 0 amide bonds. The van der Waals surface area contributed by atoms with Gasteiger partial charge < -0.3 is 0 Å². The average molecular weight is 332 g/mol. The monoisotopic (exact) mass is 331 g/mol. The minimum atomic E-state index is 0. The first-order valence-corrected chi connectivity index (χ1v) is 6.25. The molecule has 0 atom stereocenters. The number of imidazole rings is 1. The molecule has 0 aliphatic carbocycles. The Hall–Kier alpha value is -1.94. The molecular formula is C16H16BrN2O+. The number of fused-ring (bicyclic) bond motifs is 1. The zero-order chi connectivity index (χ0) is 13.2. The van der Waals surface area contributed by atoms with Gasteiger partial charge in [-0.3, -0.25) is 4.79 Å². The summed E-state index contributed by atoms with van der Waals surface area (Å²) in [6.45, 7) is 0.374. The Kier molecular flexibility index (Phi) is 4.35. The first kappa shape index (κ1) is 14.5. The van der Waals surface area contributed by atoms with Crippen LogP contribution in [-0.4, -0.2) is 10.4 Å². The van der Waals surface area contributed by atoms with Crippen LogP contribution in [0.25, 0.3) is 10.8 Å². The number of carbonyl (C=O) groups is 1. The van der Waals surface area contributed by atoms with Gasteiger partial charge in [-0.2, -0.15) is 0 Å². The second-order valence-corrected chi connectivity index (χ2v) is 4.74. The molecule has 4 heteroatoms. The molecule has 1 heterocycles. The largest absolute Gasteiger partial charge is 0.290 e. The number of hydrogen-bond acceptors (Lipinski definition) is 1. The molecule has 1 aromatic heterocycles. The van der Waals surface area contributed by atoms with Crippen LogP contribution in [0.5, 0.6) is 0 Å². The van der Waals surface area contributed by atoms with E-state index in [1.807, 2.05) is 71.3 Å². The Morgan fingerprint density at radius 2 is 1.90 bits per heavy atom. The highest BCUT2D eigenvalue weighted by Crippen LogP contribution is 2.16. The van der Waals surface area contributed by atoms with E-state index >= 15 is 0 Å². The van der Waals surface area contributed by atoms with Crippen molar-refractivity contribution in [1.82, 2.24) is 4.57 Å². The van der Waals surface area contributed by atoms with Crippen molar-refractivity contribution in [1.29, 1.82) is 0 Å². The fourth-order valence-electron chi connectivity index (χ4n) is 2.22. The van der Waals surface area contributed by atoms with Crippen LogP contribution in [0.4, 0.5) is 0 Å². The van der Waals surface area contributed by atoms with Gasteiger partial charge in [0.1, 0.15) is 12.4 Å². The third kappa shape index (κ3) is 2.96. The summed E-state index contributed by atoms with van der Waals surface area (Å²) in [6, 6.07) is 13.9. The smallest absolute Gasteiger partial charge is 0.243 e. The Labute approximate surface area is 128 Å². The molecule has 0 saturated heterocycles. The maximum atomic E-state index is 12.2. The summed E-state index contributed by atoms with van der Waals surface area (Å²) in [5.74, 6) is 0.127. The van der Waals surface area contributed by atoms with E-state index in [9.17, 15) is 4.79 Å². The molecule has 0 saturated carbocycles. The molecule has 0 aliphatic heterocycles. The second kappa shape index (κ2) is 6.01. The van der Waals surface area contributed by atoms with E-state index in [0.717, 1.165) is 16.3 Å². The van der Waals surface area contributed by atoms with Gasteiger partial charge >= 0.3 is 0 Å². The van der Waals surface area contributed by atoms with Crippen molar-refractivity contribution in [3.63, 3.8) is 0 Å². The number of Topliss-reactive ketones (excluding diaryl/α,β-unsaturated/α-hetero) is 1. The van der Waals surface area contributed by atoms with Gasteiger partial charge in [-0.05, 0) is 16.8 Å². The molecule has 20 heavy (non-hydrogen) atoms. The summed E-state index contributed by atoms with van der Waals surface area (Å²) in [5.41, 5.74) is 0.759. The Bertz CT molecular complexity index is 749. The molecule has 0 aliphatic rings. The summed E-state index contributed by atoms with van der Waals surface area (Å²) < 4.78 is 3.81. The molecule has 0 radical (unpaired) electrons. The molecule has 3 nitrogen and oxygen atoms in total. The molecule has 3 rings (SSSR count). The van der Waals surface area contributed by atoms with Crippen LogP contribution in [-0.2, 0) is 13.6 Å². The minimum absolute atomic E-state index is 0. The van der Waals surface area contributed by atoms with Gasteiger partial charge in [0.05, 0.1) is 7.05 Å². The lowest BCUT2D eigenvalue weighted by Gasteiger charge is -2.01. The lowest BCUT2D eigenvalue weighted by Crippen LogP contribution is -2.24. The fourth-order valence-corrected chi connectivity index (χ4v) is 2.22. The maximum absolute atomic E-state index is 12.2. The van der Waals surface area contributed by atoms with Gasteiger partial charge in [-0.15, -0.1) is 17.0 Å². The van der Waals surface area contributed by atoms with Gasteiger partial charge in [0, 0.05) is 5.56 Å². The fraction of sp³-hybridized carbons (Fsp3) is 0.125. The van der Waals surface area contributed by atoms with E-state index in [1.165, 1.54) is 0 Å². The van der Waals surface area contributed by atoms with E-state index in [1.54, 1.807) is 0 Å². The highest BCUT2D eigenvalue weighted by atomic mass is 79.9. The number of aromatic nitrogens is 2. The van der Waals surface area contributed by atoms with Gasteiger partial charge in [-0.25, -0.2) is 9.13 Å². The van der Waals surface area contributed by atoms with Gasteiger partial charge in [0.15, 0.2) is 6.54 Å². The van der Waals surface area contributed by atoms with E-state index in [2.05, 4.69) is 6.07 Å². The second-order valence-electron chi connectivity index (χ2n) is 4.74. The zero-order valence-electron chi connectivity index (χ0n) is 11.2. The molecule has 0 bridgehead atoms. The average Bonchev–Trinajstić information content (AvgIpc) is 2.83. The molecule has 0 unspecified atom stereocenters. The van der Waals surface area contributed by atoms with Crippen molar-refractivity contribution >= 4 is 33.5 Å². The maximum Gasteiger partial charge on any atom is 0.243 e. The summed E-state index contributed by atoms with van der Waals surface area (Å²) in [7, 11) is 1.94. The zero-order valence-corrected chi connectivity index (χ0v) is 12.9. The Morgan fingerprint density at radius 1 is 1.15 bits per heavy atom. The predicted molar refractivity (Wildman–Crippen MR) is 84.2 cm³/mol. The lowest BCUT2D eigenvalue weighted by atomic mass is 10.0. The molecule has 0 N–H and O–H groups in total. The van der Waals surface area contributed by atoms with Crippen LogP contribution in [0.3, 0.4) is 0 Å². The first-order chi connectivity index (χ1) is 9.22. The minimum Gasteiger partial charge on any atom is -0.290 e. The summed E-state index contributed by atoms with van der Waals surface area (Å²) >= 11 is 0. The predicted octanol–water partition coefficient (Wildman–Crippen LogP) is 2.93. The lowest BCUT2D eigenvalue weighted by molar-refractivity contribution is -0.671. The normalized spacial score (nSPS) is 10.2. The SMILES string of the molecule is Br.C[n+]1ccn(CC(=O)c2ccc3ccccc3c2)c1. The number of halogens is 1. The van der Waals surface area contributed by atoms with E-state index in [4.69, 9.17) is 0 Å². The van der Waals surface area contributed by atoms with Crippen LogP contribution < -0.4 is 4.57 Å². The van der Waals surface area contributed by atoms with Gasteiger partial charge in [-0.1, -0.05) is 36.4 Å². The Morgan fingerprint density at radius 3 is 2.60 bits per heavy atom. The molecule has 3 aromatic rings. The molecule has 2 aromatic carbocycles. The quantitative estimate of drug-likeness (QED) is 0.535. The van der Waals surface area contributed by atoms with Crippen LogP contribution >= 0.6 is 17.0 Å². The number of nitrogens with zero attached hydrogens (tertiary/aromatic N) is 2. The van der Waals surface area contributed by atoms with Crippen molar-refractivity contribution in [3.05, 3.63) is 66.7 Å². The summed E-state index contributed by atoms with van der Waals surface area (Å²) in [5, 5.41) is 2.26. The van der Waals surface area contributed by atoms with E-state index < -0.39 is 0 Å². The van der Waals surface area contributed by atoms with E-state index in [0.29, 0.717) is 6.54 Å². The van der Waals surface area contributed by atoms with Crippen molar-refractivity contribution in [3.8, 4) is 0 Å². The molecular weight excluding hydrogens is 316 g/mol. The third-order valence-electron chi connectivity index (χ3n) is 3.22. The van der Waals surface area contributed by atoms with Crippen LogP contribution in [0.2, 0.25) is 0 Å². The van der Waals surface area contributed by atoms with Crippen molar-refractivity contribution < 1.29 is 9.36 Å². The standard InChI is InChI=1S/C16H15N2O.BrH/c1-17-8-9-18(12-17)11-16(19)15-7-6-13-4-2-3-5-14(13)10-15;/h2-10,12H,11H2,1H3;1H/q+1;. The summed E-state index contributed by atoms with van der Waals surface area (Å²) in [4.78, 5) is 12.2. The number of hydrogen-bond donors (Lipinski definition) is 0. The highest BCUT2D eigenvalue weighted by Gasteiger charge is 2.11. The molecule has 0 fully saturated rings. The number of carbonyl (C=O) groups excluding carboxylic acids is 1. The van der Waals surface area contributed by atoms with Gasteiger partial charge in [0.25, 0.3) is 0 Å². The molecule has 102 valence electrons. The topological polar surface area (TPSA) is 25.9 Å². The van der Waals surface area contributed by atoms with E-state index in [-0.39, 0.29) is 22.8 Å². The van der Waals surface area contributed by atoms with Crippen molar-refractivity contribution in [2.75, 3.05) is 0 Å². The first-order valence-electron chi connectivity index (χ1n) is 6.25. The van der Waals surface area contributed by atoms with Crippen molar-refractivity contribution in [2.24, 2.45) is 7.05 Å². The van der Waals surface area contributed by atoms with Gasteiger partial charge in [0.2, 0.25) is 12.1 Å². The Balaban J connectivity index is 0.00000147. The van der Waals surface area contributed by atoms with Crippen LogP contribution in [0.15, 0.2) is 61.2 Å². The third-order valence-corrected chi connectivity index (χ3v) is 3.22. The molecule has 0 spiro atoms. The number of rotatable bonds is 3. The number of benzene rings is 2. The van der Waals surface area contributed by atoms with Crippen molar-refractivity contribution in [2.45, 2.75) is 6.54 Å². The highest BCUT2D eigenvalue weighted by molar-refractivity contribution is 8.93. The number of aryl methyl sites for hydroxylation is 1. The summed E-state index contributed by atoms with van der Waals surface area (Å²) in [6.07, 6.45) is 5.73.